The molecule has 0 saturated carbocycles. The summed E-state index contributed by atoms with van der Waals surface area (Å²) in [5.41, 5.74) is 9.65. The van der Waals surface area contributed by atoms with Crippen LogP contribution in [-0.4, -0.2) is 25.8 Å². The molecule has 0 aromatic carbocycles. The van der Waals surface area contributed by atoms with Crippen molar-refractivity contribution in [2.75, 3.05) is 0 Å². The molecule has 7 heteroatoms. The van der Waals surface area contributed by atoms with Gasteiger partial charge in [0.25, 0.3) is 0 Å². The molecule has 0 fully saturated rings. The molecule has 2 rings (SSSR count). The van der Waals surface area contributed by atoms with Crippen molar-refractivity contribution in [2.45, 2.75) is 40.5 Å². The van der Waals surface area contributed by atoms with Crippen LogP contribution in [0.5, 0.6) is 0 Å². The second-order valence-electron chi connectivity index (χ2n) is 4.84. The molecule has 21 heavy (non-hydrogen) atoms. The van der Waals surface area contributed by atoms with Crippen LogP contribution in [0.15, 0.2) is 0 Å². The van der Waals surface area contributed by atoms with Gasteiger partial charge < -0.3 is 5.73 Å². The number of nitrogen functional groups attached to an aromatic ring is 1. The zero-order chi connectivity index (χ0) is 15.7. The number of halogens is 1. The molecule has 0 aliphatic heterocycles. The molecular formula is C14H19ClN6. The van der Waals surface area contributed by atoms with Gasteiger partial charge in [-0.2, -0.15) is 10.2 Å². The molecule has 0 atom stereocenters. The lowest BCUT2D eigenvalue weighted by atomic mass is 10.0. The SMILES string of the molecule is CCc1nnc(-n2nc(C)c(Cl)c2C)c(C(=N)N)c1CC. The first-order valence-corrected chi connectivity index (χ1v) is 7.24. The molecule has 0 unspecified atom stereocenters. The Bertz CT molecular complexity index is 704. The average molecular weight is 307 g/mol. The third kappa shape index (κ3) is 2.51. The molecule has 2 heterocycles. The van der Waals surface area contributed by atoms with Gasteiger partial charge in [-0.05, 0) is 32.3 Å². The molecule has 0 radical (unpaired) electrons. The first kappa shape index (κ1) is 15.4. The van der Waals surface area contributed by atoms with Gasteiger partial charge in [0.05, 0.1) is 27.7 Å². The molecule has 0 aliphatic carbocycles. The molecular weight excluding hydrogens is 288 g/mol. The van der Waals surface area contributed by atoms with Gasteiger partial charge in [0, 0.05) is 0 Å². The highest BCUT2D eigenvalue weighted by Gasteiger charge is 2.21. The summed E-state index contributed by atoms with van der Waals surface area (Å²) in [6, 6.07) is 0. The lowest BCUT2D eigenvalue weighted by Crippen LogP contribution is -2.22. The van der Waals surface area contributed by atoms with Gasteiger partial charge >= 0.3 is 0 Å². The van der Waals surface area contributed by atoms with E-state index in [0.29, 0.717) is 22.1 Å². The van der Waals surface area contributed by atoms with Crippen LogP contribution in [0.1, 0.15) is 42.1 Å². The Morgan fingerprint density at radius 1 is 1.24 bits per heavy atom. The van der Waals surface area contributed by atoms with Gasteiger partial charge in [-0.15, -0.1) is 5.10 Å². The standard InChI is InChI=1S/C14H19ClN6/c1-5-9-10(6-2)18-19-14(11(9)13(16)17)21-8(4)12(15)7(3)20-21/h5-6H2,1-4H3,(H3,16,17). The molecule has 112 valence electrons. The third-order valence-corrected chi connectivity index (χ3v) is 4.05. The van der Waals surface area contributed by atoms with Gasteiger partial charge in [0.1, 0.15) is 5.84 Å². The average Bonchev–Trinajstić information content (AvgIpc) is 2.72. The first-order chi connectivity index (χ1) is 9.92. The maximum absolute atomic E-state index is 7.91. The van der Waals surface area contributed by atoms with Crippen LogP contribution in [0.2, 0.25) is 5.02 Å². The van der Waals surface area contributed by atoms with E-state index in [-0.39, 0.29) is 5.84 Å². The number of nitrogens with two attached hydrogens (primary N) is 1. The number of aromatic nitrogens is 4. The second-order valence-corrected chi connectivity index (χ2v) is 5.22. The van der Waals surface area contributed by atoms with Crippen molar-refractivity contribution in [3.05, 3.63) is 33.2 Å². The number of nitrogens with zero attached hydrogens (tertiary/aromatic N) is 4. The molecule has 0 aliphatic rings. The van der Waals surface area contributed by atoms with E-state index in [1.165, 1.54) is 0 Å². The summed E-state index contributed by atoms with van der Waals surface area (Å²) in [6.07, 6.45) is 1.47. The number of hydrogen-bond acceptors (Lipinski definition) is 4. The van der Waals surface area contributed by atoms with Crippen molar-refractivity contribution in [1.29, 1.82) is 5.41 Å². The molecule has 6 nitrogen and oxygen atoms in total. The lowest BCUT2D eigenvalue weighted by Gasteiger charge is -2.15. The molecule has 0 bridgehead atoms. The topological polar surface area (TPSA) is 93.5 Å². The fraction of sp³-hybridized carbons (Fsp3) is 0.429. The van der Waals surface area contributed by atoms with Crippen LogP contribution in [0.4, 0.5) is 0 Å². The normalized spacial score (nSPS) is 10.9. The summed E-state index contributed by atoms with van der Waals surface area (Å²) in [5, 5.41) is 21.4. The third-order valence-electron chi connectivity index (χ3n) is 3.50. The zero-order valence-electron chi connectivity index (χ0n) is 12.7. The van der Waals surface area contributed by atoms with Crippen LogP contribution in [0, 0.1) is 19.3 Å². The minimum Gasteiger partial charge on any atom is -0.384 e. The summed E-state index contributed by atoms with van der Waals surface area (Å²) in [5.74, 6) is 0.430. The quantitative estimate of drug-likeness (QED) is 0.669. The number of aryl methyl sites for hydroxylation is 2. The minimum atomic E-state index is -0.0323. The van der Waals surface area contributed by atoms with Gasteiger partial charge in [0.2, 0.25) is 0 Å². The fourth-order valence-corrected chi connectivity index (χ4v) is 2.54. The highest BCUT2D eigenvalue weighted by molar-refractivity contribution is 6.31. The van der Waals surface area contributed by atoms with Crippen molar-refractivity contribution in [3.8, 4) is 5.82 Å². The Balaban J connectivity index is 2.80. The summed E-state index contributed by atoms with van der Waals surface area (Å²) >= 11 is 6.20. The number of nitrogens with one attached hydrogen (secondary N) is 1. The molecule has 0 saturated heterocycles. The smallest absolute Gasteiger partial charge is 0.187 e. The summed E-state index contributed by atoms with van der Waals surface area (Å²) in [7, 11) is 0. The van der Waals surface area contributed by atoms with Crippen molar-refractivity contribution >= 4 is 17.4 Å². The van der Waals surface area contributed by atoms with E-state index in [4.69, 9.17) is 22.7 Å². The highest BCUT2D eigenvalue weighted by Crippen LogP contribution is 2.25. The Morgan fingerprint density at radius 3 is 2.33 bits per heavy atom. The number of rotatable bonds is 4. The van der Waals surface area contributed by atoms with Crippen LogP contribution in [0.3, 0.4) is 0 Å². The van der Waals surface area contributed by atoms with E-state index in [9.17, 15) is 0 Å². The van der Waals surface area contributed by atoms with Gasteiger partial charge in [-0.1, -0.05) is 25.4 Å². The predicted octanol–water partition coefficient (Wildman–Crippen LogP) is 2.34. The van der Waals surface area contributed by atoms with Crippen LogP contribution >= 0.6 is 11.6 Å². The number of hydrogen-bond donors (Lipinski definition) is 2. The van der Waals surface area contributed by atoms with E-state index in [2.05, 4.69) is 15.3 Å². The molecule has 0 amide bonds. The molecule has 2 aromatic rings. The van der Waals surface area contributed by atoms with Gasteiger partial charge in [-0.25, -0.2) is 4.68 Å². The van der Waals surface area contributed by atoms with Crippen molar-refractivity contribution in [3.63, 3.8) is 0 Å². The monoisotopic (exact) mass is 306 g/mol. The van der Waals surface area contributed by atoms with Gasteiger partial charge in [-0.3, -0.25) is 5.41 Å². The number of amidine groups is 1. The predicted molar refractivity (Wildman–Crippen MR) is 83.4 cm³/mol. The Kier molecular flexibility index (Phi) is 4.27. The van der Waals surface area contributed by atoms with Crippen LogP contribution in [-0.2, 0) is 12.8 Å². The molecule has 3 N–H and O–H groups in total. The van der Waals surface area contributed by atoms with Crippen molar-refractivity contribution in [2.24, 2.45) is 5.73 Å². The van der Waals surface area contributed by atoms with Gasteiger partial charge in [0.15, 0.2) is 5.82 Å². The Morgan fingerprint density at radius 2 is 1.90 bits per heavy atom. The van der Waals surface area contributed by atoms with E-state index >= 15 is 0 Å². The Hall–Kier alpha value is -1.95. The zero-order valence-corrected chi connectivity index (χ0v) is 13.4. The van der Waals surface area contributed by atoms with E-state index in [1.54, 1.807) is 4.68 Å². The van der Waals surface area contributed by atoms with Crippen molar-refractivity contribution < 1.29 is 0 Å². The lowest BCUT2D eigenvalue weighted by molar-refractivity contribution is 0.756. The summed E-state index contributed by atoms with van der Waals surface area (Å²) < 4.78 is 1.61. The highest BCUT2D eigenvalue weighted by atomic mass is 35.5. The molecule has 2 aromatic heterocycles. The first-order valence-electron chi connectivity index (χ1n) is 6.87. The van der Waals surface area contributed by atoms with Crippen LogP contribution in [0.25, 0.3) is 5.82 Å². The minimum absolute atomic E-state index is 0.0323. The fourth-order valence-electron chi connectivity index (χ4n) is 2.42. The Labute approximate surface area is 128 Å². The van der Waals surface area contributed by atoms with Crippen molar-refractivity contribution in [1.82, 2.24) is 20.0 Å². The second kappa shape index (κ2) is 5.81. The summed E-state index contributed by atoms with van der Waals surface area (Å²) in [4.78, 5) is 0. The van der Waals surface area contributed by atoms with Crippen LogP contribution < -0.4 is 5.73 Å². The molecule has 0 spiro atoms. The largest absolute Gasteiger partial charge is 0.384 e. The van der Waals surface area contributed by atoms with E-state index < -0.39 is 0 Å². The van der Waals surface area contributed by atoms with E-state index in [0.717, 1.165) is 29.8 Å². The van der Waals surface area contributed by atoms with E-state index in [1.807, 2.05) is 27.7 Å². The summed E-state index contributed by atoms with van der Waals surface area (Å²) in [6.45, 7) is 7.70. The maximum Gasteiger partial charge on any atom is 0.187 e. The maximum atomic E-state index is 7.91.